The number of rotatable bonds is 6. The van der Waals surface area contributed by atoms with Crippen molar-refractivity contribution in [2.75, 3.05) is 14.2 Å². The maximum Gasteiger partial charge on any atom is 0.288 e. The Morgan fingerprint density at radius 2 is 1.14 bits per heavy atom. The van der Waals surface area contributed by atoms with Crippen molar-refractivity contribution >= 4 is 20.7 Å². The lowest BCUT2D eigenvalue weighted by atomic mass is 10.2. The third-order valence-corrected chi connectivity index (χ3v) is 7.74. The van der Waals surface area contributed by atoms with Gasteiger partial charge in [-0.1, -0.05) is 17.7 Å². The monoisotopic (exact) mass is 415 g/mol. The van der Waals surface area contributed by atoms with Crippen LogP contribution in [-0.2, 0) is 20.7 Å². The molecule has 28 heavy (non-hydrogen) atoms. The second-order valence-electron chi connectivity index (χ2n) is 6.00. The second kappa shape index (κ2) is 8.58. The third kappa shape index (κ3) is 4.61. The van der Waals surface area contributed by atoms with Crippen LogP contribution in [0.3, 0.4) is 0 Å². The van der Waals surface area contributed by atoms with E-state index in [1.165, 1.54) is 0 Å². The standard InChI is InChI=1S/C21H21NO4S2/c1-16-4-14-21(15-5-16)28(23,24)22-27(19-10-6-17(25-2)7-11-19)20-12-8-18(26-3)9-13-20/h4-15H,1-3H3. The Labute approximate surface area is 168 Å². The van der Waals surface area contributed by atoms with Gasteiger partial charge in [0, 0.05) is 9.79 Å². The molecule has 0 amide bonds. The zero-order valence-corrected chi connectivity index (χ0v) is 17.5. The Kier molecular flexibility index (Phi) is 6.16. The number of ether oxygens (including phenoxy) is 2. The molecule has 0 fully saturated rings. The highest BCUT2D eigenvalue weighted by molar-refractivity contribution is 8.00. The highest BCUT2D eigenvalue weighted by Gasteiger charge is 2.16. The maximum absolute atomic E-state index is 12.9. The summed E-state index contributed by atoms with van der Waals surface area (Å²) in [6, 6.07) is 21.2. The van der Waals surface area contributed by atoms with E-state index in [0.29, 0.717) is 11.5 Å². The van der Waals surface area contributed by atoms with Gasteiger partial charge in [-0.05, 0) is 78.3 Å². The number of methoxy groups -OCH3 is 2. The molecule has 0 spiro atoms. The smallest absolute Gasteiger partial charge is 0.288 e. The Bertz CT molecular complexity index is 1020. The van der Waals surface area contributed by atoms with Gasteiger partial charge in [0.15, 0.2) is 0 Å². The van der Waals surface area contributed by atoms with Crippen LogP contribution in [0.15, 0.2) is 91.3 Å². The van der Waals surface area contributed by atoms with Gasteiger partial charge in [0.25, 0.3) is 10.0 Å². The normalized spacial score (nSPS) is 11.3. The fourth-order valence-electron chi connectivity index (χ4n) is 2.48. The average Bonchev–Trinajstić information content (AvgIpc) is 2.72. The minimum absolute atomic E-state index is 0.178. The van der Waals surface area contributed by atoms with Crippen LogP contribution in [0.5, 0.6) is 11.5 Å². The van der Waals surface area contributed by atoms with Crippen molar-refractivity contribution in [1.82, 2.24) is 0 Å². The van der Waals surface area contributed by atoms with Crippen LogP contribution in [0.25, 0.3) is 0 Å². The number of hydrogen-bond donors (Lipinski definition) is 0. The first-order valence-corrected chi connectivity index (χ1v) is 11.1. The molecule has 0 bridgehead atoms. The van der Waals surface area contributed by atoms with E-state index >= 15 is 0 Å². The van der Waals surface area contributed by atoms with Crippen LogP contribution in [-0.4, -0.2) is 22.6 Å². The van der Waals surface area contributed by atoms with E-state index in [1.807, 2.05) is 31.2 Å². The molecule has 0 aromatic heterocycles. The summed E-state index contributed by atoms with van der Waals surface area (Å²) in [5, 5.41) is 0. The van der Waals surface area contributed by atoms with Gasteiger partial charge in [-0.2, -0.15) is 8.42 Å². The Morgan fingerprint density at radius 1 is 0.714 bits per heavy atom. The highest BCUT2D eigenvalue weighted by Crippen LogP contribution is 2.26. The molecule has 146 valence electrons. The van der Waals surface area contributed by atoms with E-state index in [9.17, 15) is 8.42 Å². The van der Waals surface area contributed by atoms with E-state index in [4.69, 9.17) is 9.47 Å². The molecule has 0 N–H and O–H groups in total. The van der Waals surface area contributed by atoms with Crippen LogP contribution >= 0.6 is 0 Å². The Morgan fingerprint density at radius 3 is 1.54 bits per heavy atom. The molecule has 0 saturated carbocycles. The van der Waals surface area contributed by atoms with Crippen molar-refractivity contribution in [2.45, 2.75) is 21.6 Å². The predicted molar refractivity (Wildman–Crippen MR) is 111 cm³/mol. The van der Waals surface area contributed by atoms with Gasteiger partial charge in [-0.3, -0.25) is 0 Å². The van der Waals surface area contributed by atoms with Crippen LogP contribution in [0.2, 0.25) is 0 Å². The summed E-state index contributed by atoms with van der Waals surface area (Å²) in [6.45, 7) is 1.91. The average molecular weight is 416 g/mol. The summed E-state index contributed by atoms with van der Waals surface area (Å²) >= 11 is 0. The van der Waals surface area contributed by atoms with Crippen LogP contribution < -0.4 is 9.47 Å². The zero-order chi connectivity index (χ0) is 20.1. The number of hydrogen-bond acceptors (Lipinski definition) is 4. The van der Waals surface area contributed by atoms with E-state index in [0.717, 1.165) is 15.4 Å². The van der Waals surface area contributed by atoms with Crippen LogP contribution in [0.4, 0.5) is 0 Å². The molecule has 0 unspecified atom stereocenters. The van der Waals surface area contributed by atoms with Gasteiger partial charge in [-0.15, -0.1) is 3.77 Å². The molecule has 0 aliphatic carbocycles. The number of sulfonamides is 1. The van der Waals surface area contributed by atoms with E-state index in [1.54, 1.807) is 62.8 Å². The quantitative estimate of drug-likeness (QED) is 0.589. The minimum atomic E-state index is -3.83. The largest absolute Gasteiger partial charge is 0.497 e. The van der Waals surface area contributed by atoms with Crippen molar-refractivity contribution in [2.24, 2.45) is 3.77 Å². The molecule has 0 radical (unpaired) electrons. The molecular formula is C21H21NO4S2. The van der Waals surface area contributed by atoms with Crippen molar-refractivity contribution in [3.05, 3.63) is 78.4 Å². The molecule has 5 nitrogen and oxygen atoms in total. The van der Waals surface area contributed by atoms with Gasteiger partial charge < -0.3 is 9.47 Å². The first kappa shape index (κ1) is 20.1. The summed E-state index contributed by atoms with van der Waals surface area (Å²) in [4.78, 5) is 1.74. The third-order valence-electron chi connectivity index (χ3n) is 4.06. The molecule has 3 aromatic rings. The number of nitrogens with zero attached hydrogens (tertiary/aromatic N) is 1. The van der Waals surface area contributed by atoms with Crippen molar-refractivity contribution in [1.29, 1.82) is 0 Å². The van der Waals surface area contributed by atoms with E-state index in [2.05, 4.69) is 3.77 Å². The van der Waals surface area contributed by atoms with Gasteiger partial charge in [0.1, 0.15) is 11.5 Å². The molecule has 7 heteroatoms. The SMILES string of the molecule is COc1ccc(S(=NS(=O)(=O)c2ccc(C)cc2)c2ccc(OC)cc2)cc1. The van der Waals surface area contributed by atoms with Crippen LogP contribution in [0.1, 0.15) is 5.56 Å². The fourth-order valence-corrected chi connectivity index (χ4v) is 5.84. The molecule has 0 atom stereocenters. The first-order valence-electron chi connectivity index (χ1n) is 8.50. The summed E-state index contributed by atoms with van der Waals surface area (Å²) in [5.41, 5.74) is 0.989. The summed E-state index contributed by atoms with van der Waals surface area (Å²) in [7, 11) is -1.67. The van der Waals surface area contributed by atoms with Gasteiger partial charge in [0.05, 0.1) is 19.1 Å². The van der Waals surface area contributed by atoms with Gasteiger partial charge in [-0.25, -0.2) is 0 Å². The predicted octanol–water partition coefficient (Wildman–Crippen LogP) is 4.62. The summed E-state index contributed by atoms with van der Waals surface area (Å²) in [5.74, 6) is 1.40. The Hall–Kier alpha value is -2.64. The zero-order valence-electron chi connectivity index (χ0n) is 15.8. The lowest BCUT2D eigenvalue weighted by Crippen LogP contribution is -2.02. The lowest BCUT2D eigenvalue weighted by molar-refractivity contribution is 0.414. The second-order valence-corrected chi connectivity index (χ2v) is 9.53. The topological polar surface area (TPSA) is 65.0 Å². The first-order chi connectivity index (χ1) is 13.4. The number of benzene rings is 3. The molecule has 0 aliphatic heterocycles. The lowest BCUT2D eigenvalue weighted by Gasteiger charge is -2.11. The molecule has 0 aliphatic rings. The van der Waals surface area contributed by atoms with E-state index in [-0.39, 0.29) is 4.90 Å². The van der Waals surface area contributed by atoms with Crippen LogP contribution in [0, 0.1) is 6.92 Å². The maximum atomic E-state index is 12.9. The number of aryl methyl sites for hydroxylation is 1. The highest BCUT2D eigenvalue weighted by atomic mass is 32.3. The summed E-state index contributed by atoms with van der Waals surface area (Å²) < 4.78 is 40.6. The summed E-state index contributed by atoms with van der Waals surface area (Å²) in [6.07, 6.45) is 0. The van der Waals surface area contributed by atoms with Gasteiger partial charge in [0.2, 0.25) is 0 Å². The van der Waals surface area contributed by atoms with Crippen molar-refractivity contribution in [3.63, 3.8) is 0 Å². The van der Waals surface area contributed by atoms with Crippen molar-refractivity contribution in [3.8, 4) is 11.5 Å². The molecular weight excluding hydrogens is 394 g/mol. The van der Waals surface area contributed by atoms with E-state index < -0.39 is 20.7 Å². The Balaban J connectivity index is 2.13. The fraction of sp³-hybridized carbons (Fsp3) is 0.143. The molecule has 3 aromatic carbocycles. The molecule has 3 rings (SSSR count). The van der Waals surface area contributed by atoms with Gasteiger partial charge >= 0.3 is 0 Å². The van der Waals surface area contributed by atoms with Crippen molar-refractivity contribution < 1.29 is 17.9 Å². The molecule has 0 saturated heterocycles. The minimum Gasteiger partial charge on any atom is -0.497 e. The molecule has 0 heterocycles.